The van der Waals surface area contributed by atoms with Gasteiger partial charge in [0, 0.05) is 23.4 Å². The van der Waals surface area contributed by atoms with Crippen molar-refractivity contribution in [1.29, 1.82) is 0 Å². The molecule has 4 heterocycles. The van der Waals surface area contributed by atoms with Crippen LogP contribution in [0.15, 0.2) is 63.5 Å². The molecule has 0 saturated carbocycles. The Morgan fingerprint density at radius 1 is 1.22 bits per heavy atom. The lowest BCUT2D eigenvalue weighted by atomic mass is 10.1. The second-order valence-electron chi connectivity index (χ2n) is 8.93. The third-order valence-corrected chi connectivity index (χ3v) is 8.42. The number of amides is 1. The number of para-hydroxylation sites is 1. The summed E-state index contributed by atoms with van der Waals surface area (Å²) >= 11 is 3.00. The minimum absolute atomic E-state index is 0.123. The summed E-state index contributed by atoms with van der Waals surface area (Å²) in [6.45, 7) is 3.30. The number of thioether (sulfide) groups is 1. The molecule has 1 aliphatic rings. The lowest BCUT2D eigenvalue weighted by Crippen LogP contribution is -2.24. The number of furan rings is 1. The van der Waals surface area contributed by atoms with E-state index < -0.39 is 5.25 Å². The highest BCUT2D eigenvalue weighted by atomic mass is 32.2. The van der Waals surface area contributed by atoms with E-state index in [4.69, 9.17) is 13.9 Å². The molecule has 2 aromatic carbocycles. The molecule has 0 radical (unpaired) electrons. The topological polar surface area (TPSA) is 91.4 Å². The molecule has 2 atom stereocenters. The molecule has 1 N–H and O–H groups in total. The average molecular weight is 535 g/mol. The van der Waals surface area contributed by atoms with Crippen LogP contribution in [-0.4, -0.2) is 45.7 Å². The number of fused-ring (bicyclic) bond motifs is 3. The minimum Gasteiger partial charge on any atom is -0.495 e. The first-order chi connectivity index (χ1) is 18.1. The second kappa shape index (κ2) is 10.2. The highest BCUT2D eigenvalue weighted by molar-refractivity contribution is 8.00. The number of aromatic nitrogens is 3. The molecule has 190 valence electrons. The van der Waals surface area contributed by atoms with E-state index in [2.05, 4.69) is 20.1 Å². The van der Waals surface area contributed by atoms with Crippen LogP contribution in [0.4, 0.5) is 5.69 Å². The summed E-state index contributed by atoms with van der Waals surface area (Å²) in [4.78, 5) is 14.3. The number of anilines is 1. The van der Waals surface area contributed by atoms with Crippen LogP contribution in [0.5, 0.6) is 5.75 Å². The number of carbonyl (C=O) groups excluding carboxylic acids is 1. The van der Waals surface area contributed by atoms with Crippen molar-refractivity contribution < 1.29 is 18.7 Å². The Labute approximate surface area is 222 Å². The monoisotopic (exact) mass is 534 g/mol. The molecule has 10 heteroatoms. The fourth-order valence-electron chi connectivity index (χ4n) is 4.58. The highest BCUT2D eigenvalue weighted by Crippen LogP contribution is 2.37. The maximum atomic E-state index is 13.3. The molecule has 0 spiro atoms. The smallest absolute Gasteiger partial charge is 0.237 e. The summed E-state index contributed by atoms with van der Waals surface area (Å²) in [7, 11) is 1.59. The summed E-state index contributed by atoms with van der Waals surface area (Å²) in [6, 6.07) is 15.6. The number of benzene rings is 2. The lowest BCUT2D eigenvalue weighted by molar-refractivity contribution is -0.115. The van der Waals surface area contributed by atoms with Crippen molar-refractivity contribution in [3.8, 4) is 16.5 Å². The van der Waals surface area contributed by atoms with Gasteiger partial charge in [0.25, 0.3) is 0 Å². The van der Waals surface area contributed by atoms with E-state index in [1.165, 1.54) is 11.8 Å². The van der Waals surface area contributed by atoms with E-state index in [0.29, 0.717) is 28.7 Å². The SMILES string of the molecule is COc1cc2c(cc1NC(=O)[C@@H](C)Sc1nnc(-c3cccs3)n1C[C@H]1CCCO1)oc1ccccc12. The maximum absolute atomic E-state index is 13.3. The molecule has 1 fully saturated rings. The zero-order valence-corrected chi connectivity index (χ0v) is 22.1. The number of thiophene rings is 1. The summed E-state index contributed by atoms with van der Waals surface area (Å²) in [5.74, 6) is 1.21. The van der Waals surface area contributed by atoms with Crippen molar-refractivity contribution in [2.75, 3.05) is 19.0 Å². The molecule has 5 aromatic rings. The van der Waals surface area contributed by atoms with Gasteiger partial charge in [-0.3, -0.25) is 9.36 Å². The molecule has 6 rings (SSSR count). The van der Waals surface area contributed by atoms with Crippen LogP contribution in [0.2, 0.25) is 0 Å². The van der Waals surface area contributed by atoms with Crippen LogP contribution in [0, 0.1) is 0 Å². The third kappa shape index (κ3) is 4.72. The van der Waals surface area contributed by atoms with E-state index in [9.17, 15) is 4.79 Å². The number of ether oxygens (including phenoxy) is 2. The third-order valence-electron chi connectivity index (χ3n) is 6.48. The van der Waals surface area contributed by atoms with Crippen molar-refractivity contribution in [2.45, 2.75) is 42.8 Å². The Bertz CT molecular complexity index is 1550. The lowest BCUT2D eigenvalue weighted by Gasteiger charge is -2.17. The molecule has 1 saturated heterocycles. The zero-order chi connectivity index (χ0) is 25.4. The first-order valence-electron chi connectivity index (χ1n) is 12.2. The molecule has 8 nitrogen and oxygen atoms in total. The Morgan fingerprint density at radius 3 is 2.89 bits per heavy atom. The van der Waals surface area contributed by atoms with Crippen molar-refractivity contribution in [1.82, 2.24) is 14.8 Å². The number of hydrogen-bond donors (Lipinski definition) is 1. The fourth-order valence-corrected chi connectivity index (χ4v) is 6.16. The number of hydrogen-bond acceptors (Lipinski definition) is 8. The van der Waals surface area contributed by atoms with E-state index in [-0.39, 0.29) is 12.0 Å². The molecule has 0 bridgehead atoms. The Morgan fingerprint density at radius 2 is 2.11 bits per heavy atom. The van der Waals surface area contributed by atoms with Gasteiger partial charge in [-0.2, -0.15) is 0 Å². The fraction of sp³-hybridized carbons (Fsp3) is 0.296. The number of carbonyl (C=O) groups is 1. The van der Waals surface area contributed by atoms with Crippen molar-refractivity contribution in [3.63, 3.8) is 0 Å². The summed E-state index contributed by atoms with van der Waals surface area (Å²) in [5, 5.41) is 16.2. The van der Waals surface area contributed by atoms with E-state index in [1.807, 2.05) is 60.8 Å². The highest BCUT2D eigenvalue weighted by Gasteiger charge is 2.25. The van der Waals surface area contributed by atoms with E-state index in [1.54, 1.807) is 18.4 Å². The van der Waals surface area contributed by atoms with Crippen LogP contribution in [-0.2, 0) is 16.1 Å². The summed E-state index contributed by atoms with van der Waals surface area (Å²) < 4.78 is 19.6. The van der Waals surface area contributed by atoms with Gasteiger partial charge in [0.1, 0.15) is 16.9 Å². The van der Waals surface area contributed by atoms with Gasteiger partial charge in [0.05, 0.1) is 35.6 Å². The average Bonchev–Trinajstić information content (AvgIpc) is 3.71. The van der Waals surface area contributed by atoms with Crippen LogP contribution >= 0.6 is 23.1 Å². The number of methoxy groups -OCH3 is 1. The molecular formula is C27H26N4O4S2. The molecule has 37 heavy (non-hydrogen) atoms. The van der Waals surface area contributed by atoms with Gasteiger partial charge in [-0.1, -0.05) is 36.0 Å². The normalized spacial score (nSPS) is 16.4. The zero-order valence-electron chi connectivity index (χ0n) is 20.5. The minimum atomic E-state index is -0.431. The largest absolute Gasteiger partial charge is 0.495 e. The molecule has 3 aromatic heterocycles. The Balaban J connectivity index is 1.24. The first kappa shape index (κ1) is 24.0. The molecule has 0 aliphatic carbocycles. The molecule has 0 unspecified atom stereocenters. The number of rotatable bonds is 8. The van der Waals surface area contributed by atoms with Crippen molar-refractivity contribution >= 4 is 56.6 Å². The van der Waals surface area contributed by atoms with Crippen LogP contribution in [0.25, 0.3) is 32.6 Å². The van der Waals surface area contributed by atoms with Gasteiger partial charge < -0.3 is 19.2 Å². The van der Waals surface area contributed by atoms with Gasteiger partial charge >= 0.3 is 0 Å². The van der Waals surface area contributed by atoms with Gasteiger partial charge in [-0.05, 0) is 43.3 Å². The Kier molecular flexibility index (Phi) is 6.62. The van der Waals surface area contributed by atoms with Crippen LogP contribution < -0.4 is 10.1 Å². The molecule has 1 amide bonds. The van der Waals surface area contributed by atoms with Gasteiger partial charge in [0.15, 0.2) is 11.0 Å². The predicted molar refractivity (Wildman–Crippen MR) is 147 cm³/mol. The van der Waals surface area contributed by atoms with Gasteiger partial charge in [-0.25, -0.2) is 0 Å². The van der Waals surface area contributed by atoms with Crippen LogP contribution in [0.1, 0.15) is 19.8 Å². The first-order valence-corrected chi connectivity index (χ1v) is 13.9. The number of nitrogens with one attached hydrogen (secondary N) is 1. The van der Waals surface area contributed by atoms with E-state index >= 15 is 0 Å². The van der Waals surface area contributed by atoms with Crippen molar-refractivity contribution in [2.24, 2.45) is 0 Å². The van der Waals surface area contributed by atoms with Crippen LogP contribution in [0.3, 0.4) is 0 Å². The maximum Gasteiger partial charge on any atom is 0.237 e. The summed E-state index contributed by atoms with van der Waals surface area (Å²) in [5.41, 5.74) is 2.04. The van der Waals surface area contributed by atoms with Gasteiger partial charge in [-0.15, -0.1) is 21.5 Å². The second-order valence-corrected chi connectivity index (χ2v) is 11.2. The predicted octanol–water partition coefficient (Wildman–Crippen LogP) is 6.21. The van der Waals surface area contributed by atoms with Crippen molar-refractivity contribution in [3.05, 3.63) is 53.9 Å². The van der Waals surface area contributed by atoms with E-state index in [0.717, 1.165) is 46.5 Å². The standard InChI is InChI=1S/C27H26N4O4S2/c1-16(37-27-30-29-25(24-10-6-12-36-24)31(27)15-17-7-5-11-34-17)26(32)28-20-14-22-19(13-23(20)33-2)18-8-3-4-9-21(18)35-22/h3-4,6,8-10,12-14,16-17H,5,7,11,15H2,1-2H3,(H,28,32)/t16-,17-/m1/s1. The number of nitrogens with zero attached hydrogens (tertiary/aromatic N) is 3. The van der Waals surface area contributed by atoms with Gasteiger partial charge in [0.2, 0.25) is 5.91 Å². The molecular weight excluding hydrogens is 508 g/mol. The summed E-state index contributed by atoms with van der Waals surface area (Å²) in [6.07, 6.45) is 2.18. The Hall–Kier alpha value is -3.34. The quantitative estimate of drug-likeness (QED) is 0.237. The molecule has 1 aliphatic heterocycles.